The summed E-state index contributed by atoms with van der Waals surface area (Å²) in [6.45, 7) is 1.99. The third-order valence-electron chi connectivity index (χ3n) is 3.13. The van der Waals surface area contributed by atoms with E-state index in [9.17, 15) is 0 Å². The molecule has 6 nitrogen and oxygen atoms in total. The first-order chi connectivity index (χ1) is 8.69. The highest BCUT2D eigenvalue weighted by Gasteiger charge is 2.07. The lowest BCUT2D eigenvalue weighted by Gasteiger charge is -1.99. The Bertz CT molecular complexity index is 709. The number of hydrogen-bond donors (Lipinski definition) is 3. The number of hydrogen-bond acceptors (Lipinski definition) is 4. The molecule has 92 valence electrons. The zero-order valence-electron chi connectivity index (χ0n) is 10.2. The van der Waals surface area contributed by atoms with Crippen LogP contribution >= 0.6 is 0 Å². The van der Waals surface area contributed by atoms with Crippen LogP contribution in [0, 0.1) is 6.92 Å². The van der Waals surface area contributed by atoms with Crippen molar-refractivity contribution in [3.05, 3.63) is 30.2 Å². The first kappa shape index (κ1) is 10.8. The molecule has 0 radical (unpaired) electrons. The van der Waals surface area contributed by atoms with E-state index in [2.05, 4.69) is 31.0 Å². The number of aromatic nitrogens is 4. The lowest BCUT2D eigenvalue weighted by atomic mass is 10.1. The third-order valence-corrected chi connectivity index (χ3v) is 3.13. The van der Waals surface area contributed by atoms with E-state index in [4.69, 9.17) is 5.84 Å². The molecule has 2 heterocycles. The summed E-state index contributed by atoms with van der Waals surface area (Å²) in [6, 6.07) is 6.13. The highest BCUT2D eigenvalue weighted by molar-refractivity contribution is 5.81. The summed E-state index contributed by atoms with van der Waals surface area (Å²) in [5.41, 5.74) is 6.52. The number of rotatable bonds is 2. The van der Waals surface area contributed by atoms with Crippen LogP contribution in [0.3, 0.4) is 0 Å². The zero-order valence-corrected chi connectivity index (χ0v) is 10.2. The molecule has 0 saturated carbocycles. The molecule has 0 bridgehead atoms. The van der Waals surface area contributed by atoms with Gasteiger partial charge < -0.3 is 9.55 Å². The van der Waals surface area contributed by atoms with Gasteiger partial charge in [-0.1, -0.05) is 6.07 Å². The van der Waals surface area contributed by atoms with Gasteiger partial charge in [-0.3, -0.25) is 5.43 Å². The van der Waals surface area contributed by atoms with Crippen molar-refractivity contribution in [2.24, 2.45) is 12.9 Å². The minimum absolute atomic E-state index is 0.544. The highest BCUT2D eigenvalue weighted by atomic mass is 15.3. The maximum Gasteiger partial charge on any atom is 0.215 e. The summed E-state index contributed by atoms with van der Waals surface area (Å²) in [7, 11) is 2.01. The van der Waals surface area contributed by atoms with Crippen molar-refractivity contribution in [3.8, 4) is 11.3 Å². The molecule has 6 heteroatoms. The fourth-order valence-electron chi connectivity index (χ4n) is 2.03. The summed E-state index contributed by atoms with van der Waals surface area (Å²) >= 11 is 0. The maximum atomic E-state index is 5.30. The maximum absolute atomic E-state index is 5.30. The summed E-state index contributed by atoms with van der Waals surface area (Å²) in [4.78, 5) is 11.7. The van der Waals surface area contributed by atoms with Crippen LogP contribution < -0.4 is 11.3 Å². The third kappa shape index (κ3) is 1.54. The van der Waals surface area contributed by atoms with Gasteiger partial charge in [0.2, 0.25) is 5.95 Å². The van der Waals surface area contributed by atoms with Crippen molar-refractivity contribution in [3.63, 3.8) is 0 Å². The van der Waals surface area contributed by atoms with Crippen LogP contribution in [0.25, 0.3) is 22.3 Å². The smallest absolute Gasteiger partial charge is 0.215 e. The Morgan fingerprint density at radius 1 is 1.39 bits per heavy atom. The molecule has 2 aromatic heterocycles. The largest absolute Gasteiger partial charge is 0.331 e. The van der Waals surface area contributed by atoms with Gasteiger partial charge in [-0.2, -0.15) is 0 Å². The summed E-state index contributed by atoms with van der Waals surface area (Å²) < 4.78 is 2.07. The number of imidazole rings is 2. The van der Waals surface area contributed by atoms with E-state index < -0.39 is 0 Å². The van der Waals surface area contributed by atoms with Gasteiger partial charge >= 0.3 is 0 Å². The molecule has 0 amide bonds. The normalized spacial score (nSPS) is 11.1. The Balaban J connectivity index is 2.13. The number of nitrogens with zero attached hydrogens (tertiary/aromatic N) is 3. The Morgan fingerprint density at radius 2 is 2.22 bits per heavy atom. The second-order valence-electron chi connectivity index (χ2n) is 4.21. The molecule has 18 heavy (non-hydrogen) atoms. The van der Waals surface area contributed by atoms with E-state index in [1.807, 2.05) is 26.1 Å². The van der Waals surface area contributed by atoms with Gasteiger partial charge in [-0.25, -0.2) is 15.8 Å². The molecular formula is C12H14N6. The topological polar surface area (TPSA) is 84.6 Å². The first-order valence-electron chi connectivity index (χ1n) is 5.64. The molecule has 3 rings (SSSR count). The van der Waals surface area contributed by atoms with E-state index in [1.54, 1.807) is 6.20 Å². The fraction of sp³-hybridized carbons (Fsp3) is 0.167. The van der Waals surface area contributed by atoms with Crippen LogP contribution in [0.5, 0.6) is 0 Å². The predicted octanol–water partition coefficient (Wildman–Crippen LogP) is 1.56. The molecule has 0 aliphatic rings. The average molecular weight is 242 g/mol. The fourth-order valence-corrected chi connectivity index (χ4v) is 2.03. The van der Waals surface area contributed by atoms with Crippen molar-refractivity contribution in [2.45, 2.75) is 6.92 Å². The molecular weight excluding hydrogens is 228 g/mol. The van der Waals surface area contributed by atoms with Crippen LogP contribution in [-0.4, -0.2) is 19.5 Å². The van der Waals surface area contributed by atoms with Crippen LogP contribution in [0.15, 0.2) is 24.4 Å². The average Bonchev–Trinajstić information content (AvgIpc) is 2.95. The van der Waals surface area contributed by atoms with Crippen molar-refractivity contribution in [1.82, 2.24) is 19.5 Å². The Hall–Kier alpha value is -2.34. The summed E-state index contributed by atoms with van der Waals surface area (Å²) in [5, 5.41) is 0. The lowest BCUT2D eigenvalue weighted by Crippen LogP contribution is -2.07. The Morgan fingerprint density at radius 3 is 2.94 bits per heavy atom. The van der Waals surface area contributed by atoms with E-state index in [-0.39, 0.29) is 0 Å². The van der Waals surface area contributed by atoms with Gasteiger partial charge in [-0.05, 0) is 19.1 Å². The Kier molecular flexibility index (Phi) is 2.31. The van der Waals surface area contributed by atoms with Crippen molar-refractivity contribution in [2.75, 3.05) is 5.43 Å². The summed E-state index contributed by atoms with van der Waals surface area (Å²) in [6.07, 6.45) is 1.74. The van der Waals surface area contributed by atoms with E-state index in [1.165, 1.54) is 0 Å². The number of aromatic amines is 1. The van der Waals surface area contributed by atoms with E-state index >= 15 is 0 Å². The molecule has 0 spiro atoms. The molecule has 0 aliphatic carbocycles. The van der Waals surface area contributed by atoms with Crippen molar-refractivity contribution < 1.29 is 0 Å². The van der Waals surface area contributed by atoms with Crippen LogP contribution in [0.4, 0.5) is 5.95 Å². The Labute approximate surface area is 104 Å². The summed E-state index contributed by atoms with van der Waals surface area (Å²) in [5.74, 6) is 6.84. The van der Waals surface area contributed by atoms with Gasteiger partial charge in [0, 0.05) is 12.6 Å². The van der Waals surface area contributed by atoms with Gasteiger partial charge in [0.15, 0.2) is 0 Å². The minimum Gasteiger partial charge on any atom is -0.331 e. The van der Waals surface area contributed by atoms with Crippen LogP contribution in [0.1, 0.15) is 5.82 Å². The lowest BCUT2D eigenvalue weighted by molar-refractivity contribution is 0.886. The number of benzene rings is 1. The van der Waals surface area contributed by atoms with Crippen molar-refractivity contribution >= 4 is 17.0 Å². The molecule has 0 fully saturated rings. The van der Waals surface area contributed by atoms with Gasteiger partial charge in [0.1, 0.15) is 5.82 Å². The standard InChI is InChI=1S/C12H14N6/c1-7-15-9-5-8(3-4-11(9)18(7)2)10-6-14-12(16-10)17-13/h3-6H,13H2,1-2H3,(H2,14,16,17). The number of nitrogens with two attached hydrogens (primary N) is 1. The number of fused-ring (bicyclic) bond motifs is 1. The second-order valence-corrected chi connectivity index (χ2v) is 4.21. The molecule has 4 N–H and O–H groups in total. The number of H-pyrrole nitrogens is 1. The molecule has 0 saturated heterocycles. The van der Waals surface area contributed by atoms with Gasteiger partial charge in [0.05, 0.1) is 22.9 Å². The minimum atomic E-state index is 0.544. The molecule has 0 aliphatic heterocycles. The van der Waals surface area contributed by atoms with E-state index in [0.717, 1.165) is 28.1 Å². The monoisotopic (exact) mass is 242 g/mol. The zero-order chi connectivity index (χ0) is 12.7. The number of nitrogens with one attached hydrogen (secondary N) is 2. The van der Waals surface area contributed by atoms with E-state index in [0.29, 0.717) is 5.95 Å². The predicted molar refractivity (Wildman–Crippen MR) is 70.8 cm³/mol. The molecule has 1 aromatic carbocycles. The van der Waals surface area contributed by atoms with Crippen LogP contribution in [0.2, 0.25) is 0 Å². The number of anilines is 1. The molecule has 0 atom stereocenters. The highest BCUT2D eigenvalue weighted by Crippen LogP contribution is 2.23. The SMILES string of the molecule is Cc1nc2cc(-c3cnc(NN)[nH]3)ccc2n1C. The second kappa shape index (κ2) is 3.85. The van der Waals surface area contributed by atoms with Gasteiger partial charge in [-0.15, -0.1) is 0 Å². The van der Waals surface area contributed by atoms with Crippen LogP contribution in [-0.2, 0) is 7.05 Å². The quantitative estimate of drug-likeness (QED) is 0.470. The van der Waals surface area contributed by atoms with Crippen molar-refractivity contribution in [1.29, 1.82) is 0 Å². The molecule has 0 unspecified atom stereocenters. The number of hydrazine groups is 1. The number of aryl methyl sites for hydroxylation is 2. The molecule has 3 aromatic rings. The first-order valence-corrected chi connectivity index (χ1v) is 5.64. The van der Waals surface area contributed by atoms with Gasteiger partial charge in [0.25, 0.3) is 0 Å². The number of nitrogen functional groups attached to an aromatic ring is 1.